The maximum atomic E-state index is 14.6. The van der Waals surface area contributed by atoms with Gasteiger partial charge in [-0.1, -0.05) is 12.1 Å². The lowest BCUT2D eigenvalue weighted by Gasteiger charge is -2.14. The molecule has 0 saturated heterocycles. The highest BCUT2D eigenvalue weighted by atomic mass is 127. The van der Waals surface area contributed by atoms with Gasteiger partial charge in [0, 0.05) is 27.9 Å². The Bertz CT molecular complexity index is 1370. The van der Waals surface area contributed by atoms with Crippen molar-refractivity contribution < 1.29 is 27.1 Å². The molecular weight excluding hydrogens is 565 g/mol. The van der Waals surface area contributed by atoms with Gasteiger partial charge in [-0.3, -0.25) is 4.98 Å². The number of esters is 1. The van der Waals surface area contributed by atoms with Gasteiger partial charge in [0.25, 0.3) is 0 Å². The molecule has 5 nitrogen and oxygen atoms in total. The summed E-state index contributed by atoms with van der Waals surface area (Å²) in [7, 11) is 0. The molecule has 34 heavy (non-hydrogen) atoms. The zero-order valence-electron chi connectivity index (χ0n) is 17.8. The fourth-order valence-electron chi connectivity index (χ4n) is 3.65. The molecule has 2 aromatic heterocycles. The van der Waals surface area contributed by atoms with E-state index in [9.17, 15) is 22.4 Å². The third-order valence-electron chi connectivity index (χ3n) is 5.12. The first-order valence-corrected chi connectivity index (χ1v) is 11.3. The van der Waals surface area contributed by atoms with Crippen molar-refractivity contribution in [3.8, 4) is 0 Å². The molecule has 0 aliphatic carbocycles. The number of benzene rings is 2. The fourth-order valence-corrected chi connectivity index (χ4v) is 4.11. The maximum Gasteiger partial charge on any atom is 0.416 e. The average Bonchev–Trinajstić information content (AvgIpc) is 3.09. The van der Waals surface area contributed by atoms with E-state index in [0.29, 0.717) is 20.0 Å². The number of aromatic nitrogens is 2. The van der Waals surface area contributed by atoms with Crippen LogP contribution in [0.5, 0.6) is 0 Å². The predicted octanol–water partition coefficient (Wildman–Crippen LogP) is 6.77. The number of hydrogen-bond donors (Lipinski definition) is 1. The molecule has 4 aromatic rings. The van der Waals surface area contributed by atoms with Crippen molar-refractivity contribution in [1.82, 2.24) is 9.55 Å². The standard InChI is InChI=1S/C24H18F4IN3O2/c1-2-34-23(33)22-21(31-19-7-6-16(29)11-18(19)25)17-12-30-9-8-20(17)32(22)13-14-4-3-5-15(10-14)24(26,27)28/h3-12,31H,2,13H2,1H3. The first-order chi connectivity index (χ1) is 16.2. The first kappa shape index (κ1) is 24.0. The molecule has 2 aromatic carbocycles. The normalized spacial score (nSPS) is 11.6. The van der Waals surface area contributed by atoms with Gasteiger partial charge in [0.2, 0.25) is 0 Å². The second-order valence-electron chi connectivity index (χ2n) is 7.37. The molecule has 0 fully saturated rings. The molecule has 0 radical (unpaired) electrons. The Morgan fingerprint density at radius 2 is 1.97 bits per heavy atom. The van der Waals surface area contributed by atoms with E-state index in [-0.39, 0.29) is 30.2 Å². The molecule has 0 aliphatic heterocycles. The van der Waals surface area contributed by atoms with E-state index < -0.39 is 23.5 Å². The van der Waals surface area contributed by atoms with Gasteiger partial charge in [0.05, 0.1) is 29.1 Å². The highest BCUT2D eigenvalue weighted by Crippen LogP contribution is 2.36. The summed E-state index contributed by atoms with van der Waals surface area (Å²) >= 11 is 1.98. The number of anilines is 2. The molecule has 2 heterocycles. The largest absolute Gasteiger partial charge is 0.461 e. The number of ether oxygens (including phenoxy) is 1. The van der Waals surface area contributed by atoms with Crippen molar-refractivity contribution in [2.24, 2.45) is 0 Å². The Balaban J connectivity index is 1.89. The van der Waals surface area contributed by atoms with Crippen LogP contribution in [0, 0.1) is 9.39 Å². The number of alkyl halides is 3. The van der Waals surface area contributed by atoms with E-state index in [1.165, 1.54) is 24.5 Å². The summed E-state index contributed by atoms with van der Waals surface area (Å²) in [6.45, 7) is 1.68. The summed E-state index contributed by atoms with van der Waals surface area (Å²) < 4.78 is 61.8. The molecule has 0 spiro atoms. The summed E-state index contributed by atoms with van der Waals surface area (Å²) in [4.78, 5) is 17.1. The SMILES string of the molecule is CCOC(=O)c1c(Nc2ccc(I)cc2F)c2cnccc2n1Cc1cccc(C(F)(F)F)c1. The van der Waals surface area contributed by atoms with Gasteiger partial charge in [-0.05, 0) is 71.5 Å². The lowest BCUT2D eigenvalue weighted by molar-refractivity contribution is -0.137. The Kier molecular flexibility index (Phi) is 6.78. The van der Waals surface area contributed by atoms with Gasteiger partial charge in [0.15, 0.2) is 5.69 Å². The van der Waals surface area contributed by atoms with Crippen LogP contribution in [0.4, 0.5) is 28.9 Å². The second-order valence-corrected chi connectivity index (χ2v) is 8.62. The van der Waals surface area contributed by atoms with Gasteiger partial charge in [-0.2, -0.15) is 13.2 Å². The van der Waals surface area contributed by atoms with Crippen LogP contribution in [0.25, 0.3) is 10.9 Å². The minimum absolute atomic E-state index is 0.0462. The Morgan fingerprint density at radius 3 is 2.68 bits per heavy atom. The zero-order valence-corrected chi connectivity index (χ0v) is 19.9. The number of rotatable bonds is 6. The van der Waals surface area contributed by atoms with Crippen molar-refractivity contribution in [2.45, 2.75) is 19.6 Å². The van der Waals surface area contributed by atoms with Crippen molar-refractivity contribution in [2.75, 3.05) is 11.9 Å². The zero-order chi connectivity index (χ0) is 24.5. The van der Waals surface area contributed by atoms with Crippen molar-refractivity contribution in [1.29, 1.82) is 0 Å². The van der Waals surface area contributed by atoms with Gasteiger partial charge in [-0.25, -0.2) is 9.18 Å². The van der Waals surface area contributed by atoms with Crippen molar-refractivity contribution >= 4 is 50.8 Å². The topological polar surface area (TPSA) is 56.1 Å². The third-order valence-corrected chi connectivity index (χ3v) is 5.79. The minimum atomic E-state index is -4.50. The van der Waals surface area contributed by atoms with Crippen LogP contribution in [-0.2, 0) is 17.5 Å². The molecule has 0 saturated carbocycles. The van der Waals surface area contributed by atoms with Crippen LogP contribution in [0.15, 0.2) is 60.9 Å². The average molecular weight is 583 g/mol. The van der Waals surface area contributed by atoms with Gasteiger partial charge < -0.3 is 14.6 Å². The number of pyridine rings is 1. The molecule has 0 unspecified atom stereocenters. The molecule has 1 N–H and O–H groups in total. The summed E-state index contributed by atoms with van der Waals surface area (Å²) in [6.07, 6.45) is -1.49. The van der Waals surface area contributed by atoms with Gasteiger partial charge in [-0.15, -0.1) is 0 Å². The van der Waals surface area contributed by atoms with Gasteiger partial charge in [0.1, 0.15) is 5.82 Å². The summed E-state index contributed by atoms with van der Waals surface area (Å²) in [5, 5.41) is 3.47. The Labute approximate surface area is 205 Å². The lowest BCUT2D eigenvalue weighted by atomic mass is 10.1. The van der Waals surface area contributed by atoms with E-state index in [0.717, 1.165) is 12.1 Å². The van der Waals surface area contributed by atoms with Crippen LogP contribution in [0.1, 0.15) is 28.5 Å². The first-order valence-electron chi connectivity index (χ1n) is 10.2. The molecule has 0 aliphatic rings. The van der Waals surface area contributed by atoms with Crippen molar-refractivity contribution in [3.05, 3.63) is 87.1 Å². The van der Waals surface area contributed by atoms with E-state index >= 15 is 0 Å². The second kappa shape index (κ2) is 9.61. The number of carbonyl (C=O) groups is 1. The summed E-state index contributed by atoms with van der Waals surface area (Å²) in [6, 6.07) is 11.1. The maximum absolute atomic E-state index is 14.6. The lowest BCUT2D eigenvalue weighted by Crippen LogP contribution is -2.15. The molecule has 4 rings (SSSR count). The fraction of sp³-hybridized carbons (Fsp3) is 0.167. The highest BCUT2D eigenvalue weighted by Gasteiger charge is 2.31. The minimum Gasteiger partial charge on any atom is -0.461 e. The monoisotopic (exact) mass is 583 g/mol. The quantitative estimate of drug-likeness (QED) is 0.155. The van der Waals surface area contributed by atoms with E-state index in [1.54, 1.807) is 35.8 Å². The number of halogens is 5. The molecule has 0 amide bonds. The molecular formula is C24H18F4IN3O2. The Hall–Kier alpha value is -3.15. The van der Waals surface area contributed by atoms with Crippen LogP contribution in [-0.4, -0.2) is 22.1 Å². The van der Waals surface area contributed by atoms with E-state index in [1.807, 2.05) is 22.6 Å². The number of carbonyl (C=O) groups excluding carboxylic acids is 1. The number of fused-ring (bicyclic) bond motifs is 1. The smallest absolute Gasteiger partial charge is 0.416 e. The highest BCUT2D eigenvalue weighted by molar-refractivity contribution is 14.1. The van der Waals surface area contributed by atoms with Crippen LogP contribution in [0.2, 0.25) is 0 Å². The van der Waals surface area contributed by atoms with Crippen LogP contribution < -0.4 is 5.32 Å². The number of nitrogens with zero attached hydrogens (tertiary/aromatic N) is 2. The van der Waals surface area contributed by atoms with E-state index in [2.05, 4.69) is 10.3 Å². The number of nitrogens with one attached hydrogen (secondary N) is 1. The summed E-state index contributed by atoms with van der Waals surface area (Å²) in [5.74, 6) is -1.22. The van der Waals surface area contributed by atoms with Gasteiger partial charge >= 0.3 is 12.1 Å². The van der Waals surface area contributed by atoms with Crippen LogP contribution in [0.3, 0.4) is 0 Å². The molecule has 176 valence electrons. The summed E-state index contributed by atoms with van der Waals surface area (Å²) in [5.41, 5.74) is 0.520. The molecule has 0 bridgehead atoms. The van der Waals surface area contributed by atoms with E-state index in [4.69, 9.17) is 4.74 Å². The molecule has 10 heteroatoms. The molecule has 0 atom stereocenters. The Morgan fingerprint density at radius 1 is 1.18 bits per heavy atom. The number of hydrogen-bond acceptors (Lipinski definition) is 4. The van der Waals surface area contributed by atoms with Crippen molar-refractivity contribution in [3.63, 3.8) is 0 Å². The predicted molar refractivity (Wildman–Crippen MR) is 129 cm³/mol. The van der Waals surface area contributed by atoms with Crippen LogP contribution >= 0.6 is 22.6 Å². The third kappa shape index (κ3) is 4.86.